The van der Waals surface area contributed by atoms with Crippen LogP contribution in [0.2, 0.25) is 10.0 Å². The van der Waals surface area contributed by atoms with E-state index in [0.29, 0.717) is 27.3 Å². The first-order chi connectivity index (χ1) is 14.0. The molecule has 1 aliphatic rings. The molecule has 0 aliphatic carbocycles. The lowest BCUT2D eigenvalue weighted by molar-refractivity contribution is 0.0391. The summed E-state index contributed by atoms with van der Waals surface area (Å²) in [5.41, 5.74) is 2.36. The van der Waals surface area contributed by atoms with Crippen LogP contribution in [0.1, 0.15) is 15.9 Å². The van der Waals surface area contributed by atoms with Gasteiger partial charge in [-0.25, -0.2) is 4.98 Å². The van der Waals surface area contributed by atoms with Crippen molar-refractivity contribution >= 4 is 55.8 Å². The van der Waals surface area contributed by atoms with Crippen molar-refractivity contribution in [1.82, 2.24) is 9.88 Å². The molecule has 1 aromatic heterocycles. The Labute approximate surface area is 183 Å². The molecular weight excluding hydrogens is 429 g/mol. The molecule has 0 unspecified atom stereocenters. The maximum Gasteiger partial charge on any atom is 0.260 e. The smallest absolute Gasteiger partial charge is 0.260 e. The Hall–Kier alpha value is -1.70. The van der Waals surface area contributed by atoms with Crippen LogP contribution in [0.15, 0.2) is 36.4 Å². The summed E-state index contributed by atoms with van der Waals surface area (Å²) >= 11 is 13.8. The summed E-state index contributed by atoms with van der Waals surface area (Å²) in [7, 11) is 0. The molecule has 1 aliphatic heterocycles. The zero-order chi connectivity index (χ0) is 20.4. The lowest BCUT2D eigenvalue weighted by Gasteiger charge is -2.29. The quantitative estimate of drug-likeness (QED) is 0.555. The number of hydrogen-bond donors (Lipinski definition) is 0. The average molecular weight is 450 g/mol. The molecule has 0 saturated carbocycles. The molecule has 1 fully saturated rings. The van der Waals surface area contributed by atoms with Gasteiger partial charge in [0.25, 0.3) is 5.91 Å². The van der Waals surface area contributed by atoms with E-state index >= 15 is 0 Å². The number of fused-ring (bicyclic) bond motifs is 1. The molecule has 1 amide bonds. The Kier molecular flexibility index (Phi) is 6.37. The van der Waals surface area contributed by atoms with Gasteiger partial charge in [-0.3, -0.25) is 14.6 Å². The number of rotatable bonds is 5. The van der Waals surface area contributed by atoms with E-state index in [4.69, 9.17) is 32.9 Å². The molecule has 8 heteroatoms. The van der Waals surface area contributed by atoms with Crippen molar-refractivity contribution in [3.63, 3.8) is 0 Å². The summed E-state index contributed by atoms with van der Waals surface area (Å²) < 4.78 is 6.44. The number of carbonyl (C=O) groups is 1. The number of benzene rings is 2. The van der Waals surface area contributed by atoms with E-state index in [2.05, 4.69) is 4.90 Å². The second kappa shape index (κ2) is 8.98. The summed E-state index contributed by atoms with van der Waals surface area (Å²) in [5, 5.41) is 1.96. The lowest BCUT2D eigenvalue weighted by atomic mass is 10.2. The van der Waals surface area contributed by atoms with E-state index in [0.717, 1.165) is 48.6 Å². The topological polar surface area (TPSA) is 45.7 Å². The number of carbonyl (C=O) groups excluding carboxylic acids is 1. The molecule has 0 N–H and O–H groups in total. The third kappa shape index (κ3) is 4.57. The van der Waals surface area contributed by atoms with Gasteiger partial charge in [-0.2, -0.15) is 0 Å². The molecule has 152 valence electrons. The molecule has 4 rings (SSSR count). The largest absolute Gasteiger partial charge is 0.379 e. The lowest BCUT2D eigenvalue weighted by Crippen LogP contribution is -2.43. The highest BCUT2D eigenvalue weighted by molar-refractivity contribution is 7.22. The van der Waals surface area contributed by atoms with Crippen LogP contribution in [-0.2, 0) is 4.74 Å². The van der Waals surface area contributed by atoms with Crippen LogP contribution in [0.4, 0.5) is 5.13 Å². The first-order valence-electron chi connectivity index (χ1n) is 9.46. The number of anilines is 1. The number of aromatic nitrogens is 1. The zero-order valence-corrected chi connectivity index (χ0v) is 18.4. The standard InChI is InChI=1S/C21H21Cl2N3O2S/c1-14-17(23)6-7-18-19(14)24-21(29-18)26(9-8-25-10-12-28-13-11-25)20(27)15-2-4-16(22)5-3-15/h2-7H,8-13H2,1H3. The van der Waals surface area contributed by atoms with Crippen LogP contribution in [-0.4, -0.2) is 55.2 Å². The summed E-state index contributed by atoms with van der Waals surface area (Å²) in [6.45, 7) is 6.46. The summed E-state index contributed by atoms with van der Waals surface area (Å²) in [6, 6.07) is 10.8. The van der Waals surface area contributed by atoms with Gasteiger partial charge in [-0.1, -0.05) is 34.5 Å². The molecule has 3 aromatic rings. The Morgan fingerprint density at radius 1 is 1.17 bits per heavy atom. The first-order valence-corrected chi connectivity index (χ1v) is 11.0. The fourth-order valence-electron chi connectivity index (χ4n) is 3.30. The first kappa shape index (κ1) is 20.6. The second-order valence-electron chi connectivity index (χ2n) is 6.93. The molecule has 29 heavy (non-hydrogen) atoms. The van der Waals surface area contributed by atoms with Crippen molar-refractivity contribution in [3.05, 3.63) is 57.6 Å². The molecule has 2 aromatic carbocycles. The Morgan fingerprint density at radius 2 is 1.90 bits per heavy atom. The van der Waals surface area contributed by atoms with E-state index in [1.807, 2.05) is 19.1 Å². The maximum absolute atomic E-state index is 13.3. The summed E-state index contributed by atoms with van der Waals surface area (Å²) in [5.74, 6) is -0.0854. The average Bonchev–Trinajstić information content (AvgIpc) is 3.17. The van der Waals surface area contributed by atoms with Gasteiger partial charge in [0.1, 0.15) is 0 Å². The van der Waals surface area contributed by atoms with Crippen LogP contribution in [0, 0.1) is 6.92 Å². The number of morpholine rings is 1. The van der Waals surface area contributed by atoms with Crippen LogP contribution in [0.25, 0.3) is 10.2 Å². The second-order valence-corrected chi connectivity index (χ2v) is 8.79. The number of nitrogens with zero attached hydrogens (tertiary/aromatic N) is 3. The maximum atomic E-state index is 13.3. The highest BCUT2D eigenvalue weighted by atomic mass is 35.5. The van der Waals surface area contributed by atoms with E-state index < -0.39 is 0 Å². The monoisotopic (exact) mass is 449 g/mol. The normalized spacial score (nSPS) is 15.0. The van der Waals surface area contributed by atoms with Gasteiger partial charge in [-0.15, -0.1) is 0 Å². The van der Waals surface area contributed by atoms with Crippen LogP contribution in [0.5, 0.6) is 0 Å². The number of hydrogen-bond acceptors (Lipinski definition) is 5. The SMILES string of the molecule is Cc1c(Cl)ccc2sc(N(CCN3CCOCC3)C(=O)c3ccc(Cl)cc3)nc12. The van der Waals surface area contributed by atoms with Gasteiger partial charge in [0.15, 0.2) is 5.13 Å². The Morgan fingerprint density at radius 3 is 2.62 bits per heavy atom. The van der Waals surface area contributed by atoms with Crippen molar-refractivity contribution in [2.24, 2.45) is 0 Å². The van der Waals surface area contributed by atoms with Gasteiger partial charge < -0.3 is 4.74 Å². The minimum Gasteiger partial charge on any atom is -0.379 e. The van der Waals surface area contributed by atoms with Crippen LogP contribution >= 0.6 is 34.5 Å². The molecule has 0 bridgehead atoms. The Bertz CT molecular complexity index is 1020. The van der Waals surface area contributed by atoms with Gasteiger partial charge in [-0.05, 0) is 48.9 Å². The number of ether oxygens (including phenoxy) is 1. The van der Waals surface area contributed by atoms with Crippen molar-refractivity contribution in [1.29, 1.82) is 0 Å². The minimum atomic E-state index is -0.0854. The molecule has 0 spiro atoms. The summed E-state index contributed by atoms with van der Waals surface area (Å²) in [4.78, 5) is 22.2. The summed E-state index contributed by atoms with van der Waals surface area (Å²) in [6.07, 6.45) is 0. The predicted octanol–water partition coefficient (Wildman–Crippen LogP) is 4.89. The molecule has 2 heterocycles. The van der Waals surface area contributed by atoms with Crippen molar-refractivity contribution < 1.29 is 9.53 Å². The number of aryl methyl sites for hydroxylation is 1. The predicted molar refractivity (Wildman–Crippen MR) is 120 cm³/mol. The van der Waals surface area contributed by atoms with Crippen molar-refractivity contribution in [3.8, 4) is 0 Å². The number of halogens is 2. The van der Waals surface area contributed by atoms with E-state index in [-0.39, 0.29) is 5.91 Å². The van der Waals surface area contributed by atoms with E-state index in [1.165, 1.54) is 11.3 Å². The third-order valence-electron chi connectivity index (χ3n) is 5.05. The van der Waals surface area contributed by atoms with Gasteiger partial charge in [0.05, 0.1) is 23.4 Å². The van der Waals surface area contributed by atoms with E-state index in [1.54, 1.807) is 29.2 Å². The molecule has 1 saturated heterocycles. The zero-order valence-electron chi connectivity index (χ0n) is 16.0. The fourth-order valence-corrected chi connectivity index (χ4v) is 4.63. The third-order valence-corrected chi connectivity index (χ3v) is 6.75. The number of thiazole rings is 1. The molecular formula is C21H21Cl2N3O2S. The van der Waals surface area contributed by atoms with Crippen LogP contribution < -0.4 is 4.90 Å². The van der Waals surface area contributed by atoms with Gasteiger partial charge >= 0.3 is 0 Å². The highest BCUT2D eigenvalue weighted by Crippen LogP contribution is 2.34. The van der Waals surface area contributed by atoms with E-state index in [9.17, 15) is 4.79 Å². The van der Waals surface area contributed by atoms with Crippen LogP contribution in [0.3, 0.4) is 0 Å². The Balaban J connectivity index is 1.66. The van der Waals surface area contributed by atoms with Crippen molar-refractivity contribution in [2.75, 3.05) is 44.3 Å². The minimum absolute atomic E-state index is 0.0854. The molecule has 5 nitrogen and oxygen atoms in total. The fraction of sp³-hybridized carbons (Fsp3) is 0.333. The van der Waals surface area contributed by atoms with Gasteiger partial charge in [0.2, 0.25) is 0 Å². The number of amides is 1. The van der Waals surface area contributed by atoms with Gasteiger partial charge in [0, 0.05) is 41.8 Å². The highest BCUT2D eigenvalue weighted by Gasteiger charge is 2.23. The van der Waals surface area contributed by atoms with Crippen molar-refractivity contribution in [2.45, 2.75) is 6.92 Å². The molecule has 0 radical (unpaired) electrons. The molecule has 0 atom stereocenters.